The minimum absolute atomic E-state index is 0.325. The highest BCUT2D eigenvalue weighted by atomic mass is 35.5. The van der Waals surface area contributed by atoms with E-state index in [1.807, 2.05) is 53.1 Å². The summed E-state index contributed by atoms with van der Waals surface area (Å²) in [5.41, 5.74) is 2.79. The monoisotopic (exact) mass is 411 g/mol. The summed E-state index contributed by atoms with van der Waals surface area (Å²) in [7, 11) is 0. The van der Waals surface area contributed by atoms with E-state index in [9.17, 15) is 0 Å². The third-order valence-corrected chi connectivity index (χ3v) is 5.15. The first-order valence-corrected chi connectivity index (χ1v) is 10.1. The van der Waals surface area contributed by atoms with E-state index in [0.717, 1.165) is 28.2 Å². The number of para-hydroxylation sites is 1. The second kappa shape index (κ2) is 7.97. The average Bonchev–Trinajstić information content (AvgIpc) is 3.24. The van der Waals surface area contributed by atoms with Gasteiger partial charge in [-0.25, -0.2) is 9.97 Å². The van der Waals surface area contributed by atoms with E-state index in [4.69, 9.17) is 16.6 Å². The summed E-state index contributed by atoms with van der Waals surface area (Å²) < 4.78 is 1.98. The smallest absolute Gasteiger partial charge is 0.229 e. The SMILES string of the molecule is ClCc1cnc(-c2ccc3ccccc3c2)n1-c1ccnc(Nc2ccccc2)n1. The Morgan fingerprint density at radius 2 is 1.63 bits per heavy atom. The van der Waals surface area contributed by atoms with Gasteiger partial charge in [-0.05, 0) is 35.0 Å². The first kappa shape index (κ1) is 18.3. The quantitative estimate of drug-likeness (QED) is 0.362. The molecule has 0 unspecified atom stereocenters. The number of aromatic nitrogens is 4. The third-order valence-electron chi connectivity index (χ3n) is 4.88. The van der Waals surface area contributed by atoms with Gasteiger partial charge in [0.25, 0.3) is 0 Å². The van der Waals surface area contributed by atoms with Crippen molar-refractivity contribution in [3.63, 3.8) is 0 Å². The van der Waals surface area contributed by atoms with Crippen molar-refractivity contribution in [2.75, 3.05) is 5.32 Å². The number of fused-ring (bicyclic) bond motifs is 1. The Kier molecular flexibility index (Phi) is 4.87. The predicted octanol–water partition coefficient (Wildman–Crippen LogP) is 5.96. The molecule has 0 radical (unpaired) electrons. The van der Waals surface area contributed by atoms with E-state index < -0.39 is 0 Å². The first-order chi connectivity index (χ1) is 14.8. The standard InChI is InChI=1S/C24H18ClN5/c25-15-21-16-27-23(19-11-10-17-6-4-5-7-18(17)14-19)30(21)22-12-13-26-24(29-22)28-20-8-2-1-3-9-20/h1-14,16H,15H2,(H,26,28,29). The fraction of sp³-hybridized carbons (Fsp3) is 0.0417. The van der Waals surface area contributed by atoms with E-state index in [-0.39, 0.29) is 0 Å². The van der Waals surface area contributed by atoms with E-state index in [1.54, 1.807) is 12.4 Å². The van der Waals surface area contributed by atoms with Crippen molar-refractivity contribution in [3.05, 3.63) is 97.0 Å². The van der Waals surface area contributed by atoms with E-state index in [2.05, 4.69) is 45.6 Å². The molecule has 2 heterocycles. The predicted molar refractivity (Wildman–Crippen MR) is 121 cm³/mol. The molecule has 0 amide bonds. The second-order valence-electron chi connectivity index (χ2n) is 6.83. The molecule has 5 aromatic rings. The minimum atomic E-state index is 0.325. The van der Waals surface area contributed by atoms with Gasteiger partial charge in [-0.15, -0.1) is 11.6 Å². The number of anilines is 2. The molecule has 0 bridgehead atoms. The molecule has 0 aliphatic heterocycles. The van der Waals surface area contributed by atoms with Gasteiger partial charge >= 0.3 is 0 Å². The van der Waals surface area contributed by atoms with Crippen molar-refractivity contribution >= 4 is 34.0 Å². The van der Waals surface area contributed by atoms with Crippen molar-refractivity contribution < 1.29 is 0 Å². The molecule has 3 aromatic carbocycles. The van der Waals surface area contributed by atoms with Crippen LogP contribution >= 0.6 is 11.6 Å². The maximum Gasteiger partial charge on any atom is 0.229 e. The van der Waals surface area contributed by atoms with Gasteiger partial charge in [0.2, 0.25) is 5.95 Å². The van der Waals surface area contributed by atoms with Crippen LogP contribution in [0.4, 0.5) is 11.6 Å². The lowest BCUT2D eigenvalue weighted by molar-refractivity contribution is 0.940. The molecule has 30 heavy (non-hydrogen) atoms. The zero-order chi connectivity index (χ0) is 20.3. The normalized spacial score (nSPS) is 11.0. The molecule has 0 fully saturated rings. The van der Waals surface area contributed by atoms with Crippen LogP contribution in [0.2, 0.25) is 0 Å². The number of hydrogen-bond donors (Lipinski definition) is 1. The van der Waals surface area contributed by atoms with Gasteiger partial charge < -0.3 is 5.32 Å². The highest BCUT2D eigenvalue weighted by Crippen LogP contribution is 2.27. The highest BCUT2D eigenvalue weighted by molar-refractivity contribution is 6.17. The van der Waals surface area contributed by atoms with Gasteiger partial charge in [-0.2, -0.15) is 4.98 Å². The van der Waals surface area contributed by atoms with Gasteiger partial charge in [-0.1, -0.05) is 54.6 Å². The summed E-state index contributed by atoms with van der Waals surface area (Å²) >= 11 is 6.23. The number of hydrogen-bond acceptors (Lipinski definition) is 4. The molecular weight excluding hydrogens is 394 g/mol. The zero-order valence-electron chi connectivity index (χ0n) is 16.0. The molecule has 146 valence electrons. The van der Waals surface area contributed by atoms with Crippen LogP contribution in [0.5, 0.6) is 0 Å². The summed E-state index contributed by atoms with van der Waals surface area (Å²) in [6, 6.07) is 26.3. The molecule has 5 nitrogen and oxygen atoms in total. The molecule has 0 aliphatic carbocycles. The number of halogens is 1. The molecule has 6 heteroatoms. The van der Waals surface area contributed by atoms with Crippen LogP contribution in [0.1, 0.15) is 5.69 Å². The number of imidazole rings is 1. The van der Waals surface area contributed by atoms with Gasteiger partial charge in [0.1, 0.15) is 11.6 Å². The van der Waals surface area contributed by atoms with Crippen molar-refractivity contribution in [2.24, 2.45) is 0 Å². The third kappa shape index (κ3) is 3.51. The Morgan fingerprint density at radius 3 is 2.47 bits per heavy atom. The van der Waals surface area contributed by atoms with Gasteiger partial charge in [-0.3, -0.25) is 4.57 Å². The van der Waals surface area contributed by atoms with E-state index >= 15 is 0 Å². The fourth-order valence-corrected chi connectivity index (χ4v) is 3.64. The Morgan fingerprint density at radius 1 is 0.833 bits per heavy atom. The molecular formula is C24H18ClN5. The summed E-state index contributed by atoms with van der Waals surface area (Å²) in [5.74, 6) is 2.34. The Bertz CT molecular complexity index is 1310. The molecule has 0 atom stereocenters. The summed E-state index contributed by atoms with van der Waals surface area (Å²) in [4.78, 5) is 13.7. The van der Waals surface area contributed by atoms with Crippen molar-refractivity contribution in [1.29, 1.82) is 0 Å². The van der Waals surface area contributed by atoms with Crippen molar-refractivity contribution in [2.45, 2.75) is 5.88 Å². The van der Waals surface area contributed by atoms with Gasteiger partial charge in [0.05, 0.1) is 17.8 Å². The van der Waals surface area contributed by atoms with Crippen LogP contribution in [-0.4, -0.2) is 19.5 Å². The molecule has 0 aliphatic rings. The number of nitrogens with zero attached hydrogens (tertiary/aromatic N) is 4. The number of nitrogens with one attached hydrogen (secondary N) is 1. The van der Waals surface area contributed by atoms with Gasteiger partial charge in [0, 0.05) is 17.4 Å². The lowest BCUT2D eigenvalue weighted by Crippen LogP contribution is -2.06. The fourth-order valence-electron chi connectivity index (χ4n) is 3.45. The Balaban J connectivity index is 1.59. The number of alkyl halides is 1. The molecule has 0 spiro atoms. The summed E-state index contributed by atoms with van der Waals surface area (Å²) in [6.07, 6.45) is 3.53. The maximum absolute atomic E-state index is 6.23. The zero-order valence-corrected chi connectivity index (χ0v) is 16.8. The van der Waals surface area contributed by atoms with Crippen LogP contribution in [-0.2, 0) is 5.88 Å². The van der Waals surface area contributed by atoms with Crippen molar-refractivity contribution in [3.8, 4) is 17.2 Å². The van der Waals surface area contributed by atoms with E-state index in [1.165, 1.54) is 5.39 Å². The topological polar surface area (TPSA) is 55.6 Å². The Hall–Kier alpha value is -3.70. The number of benzene rings is 3. The van der Waals surface area contributed by atoms with Gasteiger partial charge in [0.15, 0.2) is 0 Å². The van der Waals surface area contributed by atoms with E-state index in [0.29, 0.717) is 17.6 Å². The largest absolute Gasteiger partial charge is 0.324 e. The van der Waals surface area contributed by atoms with Crippen LogP contribution in [0.25, 0.3) is 28.0 Å². The molecule has 0 saturated heterocycles. The number of rotatable bonds is 5. The first-order valence-electron chi connectivity index (χ1n) is 9.59. The average molecular weight is 412 g/mol. The van der Waals surface area contributed by atoms with Crippen LogP contribution in [0.3, 0.4) is 0 Å². The molecule has 0 saturated carbocycles. The summed E-state index contributed by atoms with van der Waals surface area (Å²) in [6.45, 7) is 0. The van der Waals surface area contributed by atoms with Crippen LogP contribution in [0, 0.1) is 0 Å². The molecule has 5 rings (SSSR count). The summed E-state index contributed by atoms with van der Waals surface area (Å²) in [5, 5.41) is 5.58. The van der Waals surface area contributed by atoms with Crippen LogP contribution in [0.15, 0.2) is 91.3 Å². The minimum Gasteiger partial charge on any atom is -0.324 e. The van der Waals surface area contributed by atoms with Crippen LogP contribution < -0.4 is 5.32 Å². The lowest BCUT2D eigenvalue weighted by Gasteiger charge is -2.12. The Labute approximate surface area is 179 Å². The second-order valence-corrected chi connectivity index (χ2v) is 7.10. The maximum atomic E-state index is 6.23. The highest BCUT2D eigenvalue weighted by Gasteiger charge is 2.15. The van der Waals surface area contributed by atoms with Crippen molar-refractivity contribution in [1.82, 2.24) is 19.5 Å². The lowest BCUT2D eigenvalue weighted by atomic mass is 10.1. The molecule has 1 N–H and O–H groups in total. The molecule has 2 aromatic heterocycles.